The number of aromatic nitrogens is 1. The van der Waals surface area contributed by atoms with Crippen LogP contribution in [0.5, 0.6) is 11.6 Å². The van der Waals surface area contributed by atoms with E-state index in [-0.39, 0.29) is 0 Å². The molecule has 1 heterocycles. The number of hydrogen-bond acceptors (Lipinski definition) is 5. The standard InChI is InChI=1S/C17H24N2O2S/c1-13(2)12-21-15-6-4-14(5-7-15)8-9-18-11-16-10-17(20-3)19-22-16/h4-7,10,13,18H,8-9,11-12H2,1-3H3. The molecule has 0 aliphatic heterocycles. The number of ether oxygens (including phenoxy) is 2. The molecular formula is C17H24N2O2S. The minimum Gasteiger partial charge on any atom is -0.493 e. The van der Waals surface area contributed by atoms with Crippen LogP contribution < -0.4 is 14.8 Å². The average molecular weight is 320 g/mol. The lowest BCUT2D eigenvalue weighted by atomic mass is 10.1. The topological polar surface area (TPSA) is 43.4 Å². The molecule has 1 N–H and O–H groups in total. The van der Waals surface area contributed by atoms with E-state index >= 15 is 0 Å². The first kappa shape index (κ1) is 16.8. The largest absolute Gasteiger partial charge is 0.493 e. The summed E-state index contributed by atoms with van der Waals surface area (Å²) in [5, 5.41) is 3.43. The van der Waals surface area contributed by atoms with Crippen LogP contribution in [-0.4, -0.2) is 24.6 Å². The summed E-state index contributed by atoms with van der Waals surface area (Å²) in [5.74, 6) is 2.19. The van der Waals surface area contributed by atoms with Gasteiger partial charge >= 0.3 is 0 Å². The van der Waals surface area contributed by atoms with Gasteiger partial charge in [0.25, 0.3) is 0 Å². The third kappa shape index (κ3) is 5.66. The summed E-state index contributed by atoms with van der Waals surface area (Å²) in [7, 11) is 1.64. The molecule has 0 amide bonds. The summed E-state index contributed by atoms with van der Waals surface area (Å²) >= 11 is 1.48. The molecule has 0 unspecified atom stereocenters. The first-order chi connectivity index (χ1) is 10.7. The normalized spacial score (nSPS) is 10.9. The first-order valence-corrected chi connectivity index (χ1v) is 8.36. The SMILES string of the molecule is COc1cc(CNCCc2ccc(OCC(C)C)cc2)sn1. The zero-order valence-corrected chi connectivity index (χ0v) is 14.3. The molecule has 5 heteroatoms. The van der Waals surface area contributed by atoms with E-state index in [1.54, 1.807) is 7.11 Å². The number of methoxy groups -OCH3 is 1. The van der Waals surface area contributed by atoms with Gasteiger partial charge in [0.05, 0.1) is 13.7 Å². The van der Waals surface area contributed by atoms with Gasteiger partial charge < -0.3 is 14.8 Å². The molecule has 2 rings (SSSR count). The van der Waals surface area contributed by atoms with Crippen molar-refractivity contribution in [3.63, 3.8) is 0 Å². The van der Waals surface area contributed by atoms with Crippen LogP contribution >= 0.6 is 11.5 Å². The highest BCUT2D eigenvalue weighted by Gasteiger charge is 2.01. The Morgan fingerprint density at radius 2 is 2.00 bits per heavy atom. The summed E-state index contributed by atoms with van der Waals surface area (Å²) < 4.78 is 14.9. The zero-order chi connectivity index (χ0) is 15.8. The van der Waals surface area contributed by atoms with E-state index in [1.165, 1.54) is 22.0 Å². The Morgan fingerprint density at radius 1 is 1.23 bits per heavy atom. The second kappa shape index (κ2) is 8.76. The van der Waals surface area contributed by atoms with Crippen LogP contribution in [0.1, 0.15) is 24.3 Å². The van der Waals surface area contributed by atoms with Crippen LogP contribution in [0, 0.1) is 5.92 Å². The van der Waals surface area contributed by atoms with Gasteiger partial charge in [-0.1, -0.05) is 26.0 Å². The van der Waals surface area contributed by atoms with Crippen LogP contribution in [0.4, 0.5) is 0 Å². The molecule has 0 saturated heterocycles. The van der Waals surface area contributed by atoms with Crippen molar-refractivity contribution < 1.29 is 9.47 Å². The molecule has 0 aliphatic rings. The fourth-order valence-electron chi connectivity index (χ4n) is 1.93. The van der Waals surface area contributed by atoms with Crippen molar-refractivity contribution in [3.05, 3.63) is 40.8 Å². The summed E-state index contributed by atoms with van der Waals surface area (Å²) in [5.41, 5.74) is 1.31. The second-order valence-corrected chi connectivity index (χ2v) is 6.50. The van der Waals surface area contributed by atoms with Crippen molar-refractivity contribution in [3.8, 4) is 11.6 Å². The highest BCUT2D eigenvalue weighted by Crippen LogP contribution is 2.16. The third-order valence-electron chi connectivity index (χ3n) is 3.14. The number of benzene rings is 1. The molecule has 1 aromatic carbocycles. The molecule has 0 fully saturated rings. The van der Waals surface area contributed by atoms with E-state index in [0.29, 0.717) is 11.8 Å². The number of hydrogen-bond donors (Lipinski definition) is 1. The minimum absolute atomic E-state index is 0.550. The van der Waals surface area contributed by atoms with Crippen molar-refractivity contribution in [2.24, 2.45) is 5.92 Å². The van der Waals surface area contributed by atoms with Crippen LogP contribution in [0.3, 0.4) is 0 Å². The maximum Gasteiger partial charge on any atom is 0.225 e. The smallest absolute Gasteiger partial charge is 0.225 e. The average Bonchev–Trinajstić information content (AvgIpc) is 2.98. The van der Waals surface area contributed by atoms with Crippen molar-refractivity contribution in [1.29, 1.82) is 0 Å². The number of nitrogens with zero attached hydrogens (tertiary/aromatic N) is 1. The fraction of sp³-hybridized carbons (Fsp3) is 0.471. The minimum atomic E-state index is 0.550. The molecule has 0 bridgehead atoms. The first-order valence-electron chi connectivity index (χ1n) is 7.59. The fourth-order valence-corrected chi connectivity index (χ4v) is 2.59. The molecule has 22 heavy (non-hydrogen) atoms. The van der Waals surface area contributed by atoms with Gasteiger partial charge in [0.15, 0.2) is 0 Å². The molecule has 4 nitrogen and oxygen atoms in total. The molecule has 1 aromatic heterocycles. The molecular weight excluding hydrogens is 296 g/mol. The molecule has 0 radical (unpaired) electrons. The summed E-state index contributed by atoms with van der Waals surface area (Å²) in [6.45, 7) is 6.83. The Labute approximate surface area is 136 Å². The summed E-state index contributed by atoms with van der Waals surface area (Å²) in [6.07, 6.45) is 1.00. The van der Waals surface area contributed by atoms with Crippen LogP contribution in [-0.2, 0) is 13.0 Å². The summed E-state index contributed by atoms with van der Waals surface area (Å²) in [6, 6.07) is 10.3. The van der Waals surface area contributed by atoms with E-state index in [9.17, 15) is 0 Å². The maximum atomic E-state index is 5.69. The maximum absolute atomic E-state index is 5.69. The van der Waals surface area contributed by atoms with E-state index in [1.807, 2.05) is 18.2 Å². The van der Waals surface area contributed by atoms with Gasteiger partial charge in [-0.25, -0.2) is 0 Å². The van der Waals surface area contributed by atoms with Gasteiger partial charge in [-0.2, -0.15) is 4.37 Å². The Bertz CT molecular complexity index is 552. The summed E-state index contributed by atoms with van der Waals surface area (Å²) in [4.78, 5) is 1.19. The van der Waals surface area contributed by atoms with E-state index in [2.05, 4.69) is 35.7 Å². The van der Waals surface area contributed by atoms with Crippen molar-refractivity contribution in [2.45, 2.75) is 26.8 Å². The predicted molar refractivity (Wildman–Crippen MR) is 90.9 cm³/mol. The Balaban J connectivity index is 1.68. The van der Waals surface area contributed by atoms with Crippen LogP contribution in [0.25, 0.3) is 0 Å². The lowest BCUT2D eigenvalue weighted by Crippen LogP contribution is -2.15. The van der Waals surface area contributed by atoms with Crippen LogP contribution in [0.15, 0.2) is 30.3 Å². The Hall–Kier alpha value is -1.59. The Morgan fingerprint density at radius 3 is 2.64 bits per heavy atom. The van der Waals surface area contributed by atoms with Crippen molar-refractivity contribution >= 4 is 11.5 Å². The third-order valence-corrected chi connectivity index (χ3v) is 3.91. The van der Waals surface area contributed by atoms with E-state index < -0.39 is 0 Å². The zero-order valence-electron chi connectivity index (χ0n) is 13.5. The molecule has 0 atom stereocenters. The molecule has 0 spiro atoms. The molecule has 0 aliphatic carbocycles. The molecule has 120 valence electrons. The quantitative estimate of drug-likeness (QED) is 0.718. The number of rotatable bonds is 9. The predicted octanol–water partition coefficient (Wildman–Crippen LogP) is 3.52. The van der Waals surface area contributed by atoms with Gasteiger partial charge in [-0.15, -0.1) is 0 Å². The van der Waals surface area contributed by atoms with Crippen LogP contribution in [0.2, 0.25) is 0 Å². The van der Waals surface area contributed by atoms with Gasteiger partial charge in [0, 0.05) is 17.5 Å². The van der Waals surface area contributed by atoms with Crippen molar-refractivity contribution in [1.82, 2.24) is 9.69 Å². The van der Waals surface area contributed by atoms with Crippen molar-refractivity contribution in [2.75, 3.05) is 20.3 Å². The van der Waals surface area contributed by atoms with Gasteiger partial charge in [0.2, 0.25) is 5.88 Å². The van der Waals surface area contributed by atoms with E-state index in [4.69, 9.17) is 9.47 Å². The molecule has 2 aromatic rings. The monoisotopic (exact) mass is 320 g/mol. The highest BCUT2D eigenvalue weighted by atomic mass is 32.1. The molecule has 0 saturated carbocycles. The highest BCUT2D eigenvalue weighted by molar-refractivity contribution is 7.05. The van der Waals surface area contributed by atoms with E-state index in [0.717, 1.165) is 31.9 Å². The lowest BCUT2D eigenvalue weighted by molar-refractivity contribution is 0.271. The second-order valence-electron chi connectivity index (χ2n) is 5.61. The number of nitrogens with one attached hydrogen (secondary N) is 1. The van der Waals surface area contributed by atoms with Gasteiger partial charge in [-0.05, 0) is 48.1 Å². The Kier molecular flexibility index (Phi) is 6.68. The van der Waals surface area contributed by atoms with Gasteiger partial charge in [0.1, 0.15) is 5.75 Å². The lowest BCUT2D eigenvalue weighted by Gasteiger charge is -2.09. The van der Waals surface area contributed by atoms with Gasteiger partial charge in [-0.3, -0.25) is 0 Å².